The number of carboxylic acids is 2. The van der Waals surface area contributed by atoms with Crippen molar-refractivity contribution >= 4 is 35.6 Å². The topological polar surface area (TPSA) is 277 Å². The summed E-state index contributed by atoms with van der Waals surface area (Å²) in [6, 6.07) is -5.57. The molecule has 200 valence electrons. The number of hydrogen-bond donors (Lipinski definition) is 9. The maximum absolute atomic E-state index is 12.7. The van der Waals surface area contributed by atoms with Gasteiger partial charge < -0.3 is 48.5 Å². The van der Waals surface area contributed by atoms with Crippen LogP contribution >= 0.6 is 0 Å². The van der Waals surface area contributed by atoms with Gasteiger partial charge in [-0.1, -0.05) is 0 Å². The van der Waals surface area contributed by atoms with Gasteiger partial charge in [0.25, 0.3) is 0 Å². The van der Waals surface area contributed by atoms with Crippen LogP contribution < -0.4 is 33.2 Å². The van der Waals surface area contributed by atoms with Gasteiger partial charge >= 0.3 is 11.9 Å². The summed E-state index contributed by atoms with van der Waals surface area (Å²) in [5.41, 5.74) is 16.0. The lowest BCUT2D eigenvalue weighted by Gasteiger charge is -2.26. The summed E-state index contributed by atoms with van der Waals surface area (Å²) in [4.78, 5) is 71.0. The summed E-state index contributed by atoms with van der Waals surface area (Å²) >= 11 is 0. The number of rotatable bonds is 18. The van der Waals surface area contributed by atoms with E-state index in [0.717, 1.165) is 0 Å². The van der Waals surface area contributed by atoms with E-state index in [4.69, 9.17) is 22.3 Å². The number of nitrogens with two attached hydrogens (primary N) is 3. The Labute approximate surface area is 202 Å². The Bertz CT molecular complexity index is 761. The van der Waals surface area contributed by atoms with Gasteiger partial charge in [-0.15, -0.1) is 0 Å². The first-order valence-corrected chi connectivity index (χ1v) is 11.1. The molecule has 5 unspecified atom stereocenters. The first-order chi connectivity index (χ1) is 16.3. The number of aliphatic carboxylic acids is 2. The molecule has 4 amide bonds. The smallest absolute Gasteiger partial charge is 0.326 e. The fraction of sp³-hybridized carbons (Fsp3) is 0.700. The lowest BCUT2D eigenvalue weighted by molar-refractivity contribution is -0.143. The minimum Gasteiger partial charge on any atom is -0.481 e. The van der Waals surface area contributed by atoms with Crippen LogP contribution in [0.15, 0.2) is 0 Å². The van der Waals surface area contributed by atoms with Crippen LogP contribution in [0.5, 0.6) is 0 Å². The van der Waals surface area contributed by atoms with Gasteiger partial charge in [0, 0.05) is 12.8 Å². The molecule has 0 aromatic carbocycles. The molecular weight excluding hydrogens is 468 g/mol. The molecule has 0 fully saturated rings. The summed E-state index contributed by atoms with van der Waals surface area (Å²) < 4.78 is 0. The van der Waals surface area contributed by atoms with E-state index in [9.17, 15) is 39.0 Å². The summed E-state index contributed by atoms with van der Waals surface area (Å²) in [5, 5.41) is 35.0. The van der Waals surface area contributed by atoms with Gasteiger partial charge in [-0.25, -0.2) is 4.79 Å². The number of carbonyl (C=O) groups is 6. The van der Waals surface area contributed by atoms with Crippen molar-refractivity contribution in [2.75, 3.05) is 6.54 Å². The minimum absolute atomic E-state index is 0.0629. The first-order valence-electron chi connectivity index (χ1n) is 11.1. The molecule has 0 rings (SSSR count). The molecule has 0 heterocycles. The van der Waals surface area contributed by atoms with Gasteiger partial charge in [-0.2, -0.15) is 0 Å². The molecule has 0 aliphatic rings. The van der Waals surface area contributed by atoms with Crippen LogP contribution in [0.3, 0.4) is 0 Å². The summed E-state index contributed by atoms with van der Waals surface area (Å²) in [6.45, 7) is 1.51. The van der Waals surface area contributed by atoms with E-state index in [1.165, 1.54) is 6.92 Å². The lowest BCUT2D eigenvalue weighted by Crippen LogP contribution is -2.59. The van der Waals surface area contributed by atoms with E-state index in [0.29, 0.717) is 19.4 Å². The number of aliphatic hydroxyl groups excluding tert-OH is 1. The molecule has 0 radical (unpaired) electrons. The molecule has 0 bridgehead atoms. The molecule has 12 N–H and O–H groups in total. The number of hydrogen-bond acceptors (Lipinski definition) is 9. The molecule has 0 saturated heterocycles. The largest absolute Gasteiger partial charge is 0.481 e. The third kappa shape index (κ3) is 13.2. The number of carboxylic acid groups (broad SMARTS) is 2. The number of nitrogens with one attached hydrogen (secondary N) is 3. The Balaban J connectivity index is 5.43. The third-order valence-corrected chi connectivity index (χ3v) is 4.94. The zero-order chi connectivity index (χ0) is 27.1. The fourth-order valence-corrected chi connectivity index (χ4v) is 2.91. The van der Waals surface area contributed by atoms with Crippen molar-refractivity contribution in [1.82, 2.24) is 16.0 Å². The van der Waals surface area contributed by atoms with Gasteiger partial charge in [0.2, 0.25) is 23.6 Å². The van der Waals surface area contributed by atoms with Crippen LogP contribution in [0, 0.1) is 0 Å². The zero-order valence-electron chi connectivity index (χ0n) is 19.6. The van der Waals surface area contributed by atoms with Gasteiger partial charge in [0.15, 0.2) is 0 Å². The predicted molar refractivity (Wildman–Crippen MR) is 121 cm³/mol. The Kier molecular flexibility index (Phi) is 14.8. The van der Waals surface area contributed by atoms with E-state index < -0.39 is 72.3 Å². The van der Waals surface area contributed by atoms with E-state index >= 15 is 0 Å². The zero-order valence-corrected chi connectivity index (χ0v) is 19.6. The van der Waals surface area contributed by atoms with Gasteiger partial charge in [0.1, 0.15) is 18.1 Å². The molecule has 0 aromatic rings. The standard InChI is InChI=1S/C20H36N6O9/c1-10(27)16(26-17(31)11(22)5-7-14(23)28)19(33)24-12(6-8-15(29)30)18(32)25-13(20(34)35)4-2-3-9-21/h10-13,16,27H,2-9,21-22H2,1H3,(H2,23,28)(H,24,33)(H,25,32)(H,26,31)(H,29,30)(H,34,35). The van der Waals surface area contributed by atoms with E-state index in [1.54, 1.807) is 0 Å². The van der Waals surface area contributed by atoms with Crippen molar-refractivity contribution in [3.05, 3.63) is 0 Å². The van der Waals surface area contributed by atoms with Crippen molar-refractivity contribution in [2.24, 2.45) is 17.2 Å². The van der Waals surface area contributed by atoms with Crippen molar-refractivity contribution in [3.63, 3.8) is 0 Å². The van der Waals surface area contributed by atoms with Crippen molar-refractivity contribution in [1.29, 1.82) is 0 Å². The minimum atomic E-state index is -1.58. The van der Waals surface area contributed by atoms with E-state index in [2.05, 4.69) is 16.0 Å². The molecule has 0 spiro atoms. The van der Waals surface area contributed by atoms with Crippen LogP contribution in [-0.2, 0) is 28.8 Å². The second-order valence-corrected chi connectivity index (χ2v) is 8.02. The maximum atomic E-state index is 12.7. The Morgan fingerprint density at radius 3 is 1.89 bits per heavy atom. The SMILES string of the molecule is CC(O)C(NC(=O)C(N)CCC(N)=O)C(=O)NC(CCC(=O)O)C(=O)NC(CCCCN)C(=O)O. The van der Waals surface area contributed by atoms with Gasteiger partial charge in [0.05, 0.1) is 12.1 Å². The fourth-order valence-electron chi connectivity index (χ4n) is 2.91. The highest BCUT2D eigenvalue weighted by molar-refractivity contribution is 5.94. The molecule has 35 heavy (non-hydrogen) atoms. The van der Waals surface area contributed by atoms with Crippen LogP contribution in [0.1, 0.15) is 51.9 Å². The van der Waals surface area contributed by atoms with Crippen LogP contribution in [0.25, 0.3) is 0 Å². The average molecular weight is 505 g/mol. The highest BCUT2D eigenvalue weighted by Crippen LogP contribution is 2.06. The monoisotopic (exact) mass is 504 g/mol. The number of amides is 4. The Hall–Kier alpha value is -3.30. The second-order valence-electron chi connectivity index (χ2n) is 8.02. The molecular formula is C20H36N6O9. The van der Waals surface area contributed by atoms with E-state index in [1.807, 2.05) is 0 Å². The summed E-state index contributed by atoms with van der Waals surface area (Å²) in [5.74, 6) is -6.13. The number of carbonyl (C=O) groups excluding carboxylic acids is 4. The second kappa shape index (κ2) is 16.3. The first kappa shape index (κ1) is 31.7. The highest BCUT2D eigenvalue weighted by atomic mass is 16.4. The van der Waals surface area contributed by atoms with Crippen molar-refractivity contribution in [3.8, 4) is 0 Å². The summed E-state index contributed by atoms with van der Waals surface area (Å²) in [6.07, 6.45) is -1.68. The summed E-state index contributed by atoms with van der Waals surface area (Å²) in [7, 11) is 0. The van der Waals surface area contributed by atoms with E-state index in [-0.39, 0.29) is 25.7 Å². The Morgan fingerprint density at radius 1 is 0.800 bits per heavy atom. The average Bonchev–Trinajstić information content (AvgIpc) is 2.76. The highest BCUT2D eigenvalue weighted by Gasteiger charge is 2.32. The Morgan fingerprint density at radius 2 is 1.40 bits per heavy atom. The van der Waals surface area contributed by atoms with Crippen molar-refractivity contribution in [2.45, 2.75) is 82.1 Å². The molecule has 0 aliphatic heterocycles. The van der Waals surface area contributed by atoms with Crippen LogP contribution in [0.4, 0.5) is 0 Å². The molecule has 5 atom stereocenters. The molecule has 15 nitrogen and oxygen atoms in total. The molecule has 0 saturated carbocycles. The quantitative estimate of drug-likeness (QED) is 0.0825. The maximum Gasteiger partial charge on any atom is 0.326 e. The van der Waals surface area contributed by atoms with Crippen LogP contribution in [0.2, 0.25) is 0 Å². The number of aliphatic hydroxyl groups is 1. The molecule has 0 aliphatic carbocycles. The van der Waals surface area contributed by atoms with Gasteiger partial charge in [-0.3, -0.25) is 24.0 Å². The third-order valence-electron chi connectivity index (χ3n) is 4.94. The normalized spacial score (nSPS) is 15.1. The lowest BCUT2D eigenvalue weighted by atomic mass is 10.1. The predicted octanol–water partition coefficient (Wildman–Crippen LogP) is -3.51. The molecule has 15 heteroatoms. The number of unbranched alkanes of at least 4 members (excludes halogenated alkanes) is 1. The van der Waals surface area contributed by atoms with Crippen LogP contribution in [-0.4, -0.2) is 87.7 Å². The molecule has 0 aromatic heterocycles. The van der Waals surface area contributed by atoms with Gasteiger partial charge in [-0.05, 0) is 45.6 Å². The van der Waals surface area contributed by atoms with Crippen molar-refractivity contribution < 1.29 is 44.1 Å². The number of primary amides is 1.